The van der Waals surface area contributed by atoms with Crippen molar-refractivity contribution >= 4 is 11.4 Å². The molecular formula is C26H29NO2. The molecule has 29 heavy (non-hydrogen) atoms. The lowest BCUT2D eigenvalue weighted by Crippen LogP contribution is -2.08. The van der Waals surface area contributed by atoms with Crippen LogP contribution in [0.1, 0.15) is 61.8 Å². The van der Waals surface area contributed by atoms with E-state index in [0.29, 0.717) is 12.3 Å². The van der Waals surface area contributed by atoms with Gasteiger partial charge in [-0.1, -0.05) is 37.1 Å². The quantitative estimate of drug-likeness (QED) is 0.373. The van der Waals surface area contributed by atoms with Gasteiger partial charge < -0.3 is 10.1 Å². The number of hydrogen-bond donors (Lipinski definition) is 2. The Kier molecular flexibility index (Phi) is 6.44. The maximum absolute atomic E-state index is 12.2. The molecule has 150 valence electrons. The predicted octanol–water partition coefficient (Wildman–Crippen LogP) is 6.10. The van der Waals surface area contributed by atoms with Crippen molar-refractivity contribution in [3.8, 4) is 12.3 Å². The molecule has 2 aliphatic rings. The number of carbonyl (C=O) groups excluding carboxylic acids is 1. The number of Topliss-reactive ketones (excluding diaryl/α,β-unsaturated/α-hetero) is 1. The molecule has 0 fully saturated rings. The predicted molar refractivity (Wildman–Crippen MR) is 120 cm³/mol. The molecule has 2 aliphatic carbocycles. The van der Waals surface area contributed by atoms with Crippen molar-refractivity contribution in [3.05, 3.63) is 76.4 Å². The molecule has 0 saturated carbocycles. The Morgan fingerprint density at radius 1 is 1.34 bits per heavy atom. The van der Waals surface area contributed by atoms with Crippen LogP contribution in [0, 0.1) is 24.2 Å². The van der Waals surface area contributed by atoms with Crippen LogP contribution in [-0.2, 0) is 6.42 Å². The number of hydrogen-bond acceptors (Lipinski definition) is 2. The molecule has 0 spiro atoms. The first kappa shape index (κ1) is 20.7. The number of H-pyrrole nitrogens is 1. The van der Waals surface area contributed by atoms with E-state index in [-0.39, 0.29) is 17.5 Å². The van der Waals surface area contributed by atoms with E-state index in [1.54, 1.807) is 13.0 Å². The van der Waals surface area contributed by atoms with Crippen LogP contribution in [0.15, 0.2) is 59.4 Å². The highest BCUT2D eigenvalue weighted by Crippen LogP contribution is 2.31. The number of allylic oxidation sites excluding steroid dienone is 10. The second-order valence-corrected chi connectivity index (χ2v) is 8.10. The lowest BCUT2D eigenvalue weighted by atomic mass is 9.94. The van der Waals surface area contributed by atoms with Gasteiger partial charge in [-0.2, -0.15) is 0 Å². The number of aromatic amines is 1. The zero-order chi connectivity index (χ0) is 21.0. The summed E-state index contributed by atoms with van der Waals surface area (Å²) in [6.45, 7) is 5.74. The van der Waals surface area contributed by atoms with Crippen LogP contribution in [-0.4, -0.2) is 15.9 Å². The van der Waals surface area contributed by atoms with Crippen LogP contribution >= 0.6 is 0 Å². The Balaban J connectivity index is 1.91. The monoisotopic (exact) mass is 387 g/mol. The first-order valence-corrected chi connectivity index (χ1v) is 10.3. The van der Waals surface area contributed by atoms with Gasteiger partial charge >= 0.3 is 0 Å². The minimum atomic E-state index is 0.224. The molecule has 0 radical (unpaired) electrons. The molecule has 2 atom stereocenters. The van der Waals surface area contributed by atoms with Crippen molar-refractivity contribution in [2.75, 3.05) is 0 Å². The Labute approximate surface area is 173 Å². The van der Waals surface area contributed by atoms with Crippen LogP contribution < -0.4 is 0 Å². The third kappa shape index (κ3) is 5.09. The fraction of sp³-hybridized carbons (Fsp3) is 0.346. The molecule has 1 aromatic rings. The Morgan fingerprint density at radius 2 is 2.14 bits per heavy atom. The highest BCUT2D eigenvalue weighted by Gasteiger charge is 2.21. The van der Waals surface area contributed by atoms with E-state index in [0.717, 1.165) is 52.9 Å². The number of aromatic nitrogens is 1. The number of carbonyl (C=O) groups is 1. The Hall–Kier alpha value is -2.99. The van der Waals surface area contributed by atoms with Crippen molar-refractivity contribution < 1.29 is 9.90 Å². The number of fused-ring (bicyclic) bond motifs is 1. The average Bonchev–Trinajstić information content (AvgIpc) is 3.01. The van der Waals surface area contributed by atoms with Crippen LogP contribution in [0.4, 0.5) is 0 Å². The minimum absolute atomic E-state index is 0.224. The Bertz CT molecular complexity index is 984. The summed E-state index contributed by atoms with van der Waals surface area (Å²) < 4.78 is 0. The summed E-state index contributed by atoms with van der Waals surface area (Å²) >= 11 is 0. The van der Waals surface area contributed by atoms with Gasteiger partial charge in [0.15, 0.2) is 5.78 Å². The molecule has 1 heterocycles. The van der Waals surface area contributed by atoms with E-state index in [1.807, 2.05) is 19.1 Å². The normalized spacial score (nSPS) is 23.3. The first-order chi connectivity index (χ1) is 13.9. The number of nitrogens with one attached hydrogen (secondary N) is 1. The molecule has 3 nitrogen and oxygen atoms in total. The summed E-state index contributed by atoms with van der Waals surface area (Å²) in [4.78, 5) is 15.7. The second kappa shape index (κ2) is 9.01. The van der Waals surface area contributed by atoms with Gasteiger partial charge in [0.25, 0.3) is 0 Å². The summed E-state index contributed by atoms with van der Waals surface area (Å²) in [7, 11) is 0. The molecule has 0 aliphatic heterocycles. The number of terminal acetylenes is 1. The number of rotatable bonds is 4. The highest BCUT2D eigenvalue weighted by atomic mass is 16.3. The summed E-state index contributed by atoms with van der Waals surface area (Å²) in [5.74, 6) is 3.85. The number of aliphatic hydroxyl groups excluding tert-OH is 1. The molecule has 0 amide bonds. The Morgan fingerprint density at radius 3 is 2.83 bits per heavy atom. The van der Waals surface area contributed by atoms with Gasteiger partial charge in [-0.25, -0.2) is 0 Å². The molecular weight excluding hydrogens is 358 g/mol. The van der Waals surface area contributed by atoms with Gasteiger partial charge in [0.1, 0.15) is 0 Å². The van der Waals surface area contributed by atoms with E-state index >= 15 is 0 Å². The zero-order valence-corrected chi connectivity index (χ0v) is 17.5. The second-order valence-electron chi connectivity index (χ2n) is 8.10. The van der Waals surface area contributed by atoms with Gasteiger partial charge in [0.05, 0.1) is 5.76 Å². The van der Waals surface area contributed by atoms with Crippen LogP contribution in [0.2, 0.25) is 0 Å². The number of ketones is 1. The molecule has 0 saturated heterocycles. The van der Waals surface area contributed by atoms with E-state index in [4.69, 9.17) is 6.42 Å². The topological polar surface area (TPSA) is 53.1 Å². The number of aliphatic hydroxyl groups is 1. The van der Waals surface area contributed by atoms with Crippen molar-refractivity contribution in [1.29, 1.82) is 0 Å². The van der Waals surface area contributed by atoms with Crippen LogP contribution in [0.25, 0.3) is 5.57 Å². The molecule has 1 aromatic heterocycles. The molecule has 3 rings (SSSR count). The minimum Gasteiger partial charge on any atom is -0.513 e. The van der Waals surface area contributed by atoms with E-state index < -0.39 is 0 Å². The lowest BCUT2D eigenvalue weighted by molar-refractivity contribution is 0.0972. The standard InChI is InChI=1S/C26H29NO2/c1-5-21(18(3)14-19(4)28)12-10-20-13-17(2)9-11-22(15-20)25-16-23-24(27-25)7-6-8-26(23)29/h1,9-12,14-17,20,27-28H,6-8,13H2,2-4H3/b12-10-,19-14+,21-18+. The highest BCUT2D eigenvalue weighted by molar-refractivity contribution is 5.99. The van der Waals surface area contributed by atoms with Crippen molar-refractivity contribution in [3.63, 3.8) is 0 Å². The van der Waals surface area contributed by atoms with E-state index in [2.05, 4.69) is 42.1 Å². The van der Waals surface area contributed by atoms with Crippen molar-refractivity contribution in [2.24, 2.45) is 11.8 Å². The van der Waals surface area contributed by atoms with Crippen molar-refractivity contribution in [2.45, 2.75) is 46.5 Å². The smallest absolute Gasteiger partial charge is 0.164 e. The van der Waals surface area contributed by atoms with Crippen LogP contribution in [0.3, 0.4) is 0 Å². The summed E-state index contributed by atoms with van der Waals surface area (Å²) in [5.41, 5.74) is 5.66. The van der Waals surface area contributed by atoms with E-state index in [9.17, 15) is 9.90 Å². The summed E-state index contributed by atoms with van der Waals surface area (Å²) in [6, 6.07) is 2.01. The first-order valence-electron chi connectivity index (χ1n) is 10.3. The van der Waals surface area contributed by atoms with Gasteiger partial charge in [-0.15, -0.1) is 6.42 Å². The maximum atomic E-state index is 12.2. The third-order valence-electron chi connectivity index (χ3n) is 5.50. The fourth-order valence-electron chi connectivity index (χ4n) is 4.01. The van der Waals surface area contributed by atoms with Crippen LogP contribution in [0.5, 0.6) is 0 Å². The van der Waals surface area contributed by atoms with Gasteiger partial charge in [0.2, 0.25) is 0 Å². The van der Waals surface area contributed by atoms with Gasteiger partial charge in [0, 0.05) is 28.9 Å². The average molecular weight is 388 g/mol. The largest absolute Gasteiger partial charge is 0.513 e. The number of aryl methyl sites for hydroxylation is 1. The molecule has 0 aromatic carbocycles. The van der Waals surface area contributed by atoms with E-state index in [1.165, 1.54) is 0 Å². The maximum Gasteiger partial charge on any atom is 0.164 e. The molecule has 3 heteroatoms. The fourth-order valence-corrected chi connectivity index (χ4v) is 4.01. The molecule has 2 unspecified atom stereocenters. The van der Waals surface area contributed by atoms with Gasteiger partial charge in [-0.05, 0) is 74.3 Å². The SMILES string of the molecule is C#CC(/C=C\C1C=C(c2cc3c([nH]2)CCCC3=O)C=CC(C)C1)=C(C)\C=C(/C)O. The molecule has 2 N–H and O–H groups in total. The summed E-state index contributed by atoms with van der Waals surface area (Å²) in [5, 5.41) is 9.49. The van der Waals surface area contributed by atoms with Crippen molar-refractivity contribution in [1.82, 2.24) is 4.98 Å². The lowest BCUT2D eigenvalue weighted by Gasteiger charge is -2.10. The zero-order valence-electron chi connectivity index (χ0n) is 17.5. The van der Waals surface area contributed by atoms with Gasteiger partial charge in [-0.3, -0.25) is 4.79 Å². The third-order valence-corrected chi connectivity index (χ3v) is 5.50. The molecule has 0 bridgehead atoms. The summed E-state index contributed by atoms with van der Waals surface area (Å²) in [6.07, 6.45) is 21.6.